The van der Waals surface area contributed by atoms with E-state index in [9.17, 15) is 13.2 Å². The SMILES string of the molecule is CC(C)(CNC(=O)N1CCN(S(=O)(=O)c2ccc(Cl)cc2)CC1)N1CCCCC1. The van der Waals surface area contributed by atoms with Crippen LogP contribution in [0.15, 0.2) is 29.2 Å². The molecule has 2 aliphatic rings. The van der Waals surface area contributed by atoms with Gasteiger partial charge in [-0.15, -0.1) is 0 Å². The fourth-order valence-corrected chi connectivity index (χ4v) is 5.45. The number of urea groups is 1. The number of hydrogen-bond donors (Lipinski definition) is 1. The van der Waals surface area contributed by atoms with Crippen LogP contribution in [-0.4, -0.2) is 79.9 Å². The van der Waals surface area contributed by atoms with Crippen LogP contribution in [0.1, 0.15) is 33.1 Å². The molecule has 2 fully saturated rings. The Labute approximate surface area is 179 Å². The predicted molar refractivity (Wildman–Crippen MR) is 115 cm³/mol. The van der Waals surface area contributed by atoms with Crippen molar-refractivity contribution in [2.45, 2.75) is 43.5 Å². The summed E-state index contributed by atoms with van der Waals surface area (Å²) >= 11 is 5.85. The van der Waals surface area contributed by atoms with Gasteiger partial charge in [0, 0.05) is 43.3 Å². The van der Waals surface area contributed by atoms with Crippen LogP contribution in [0.5, 0.6) is 0 Å². The maximum Gasteiger partial charge on any atom is 0.317 e. The third-order valence-electron chi connectivity index (χ3n) is 5.86. The number of piperidine rings is 1. The summed E-state index contributed by atoms with van der Waals surface area (Å²) in [5.41, 5.74) is -0.0875. The summed E-state index contributed by atoms with van der Waals surface area (Å²) in [7, 11) is -3.57. The van der Waals surface area contributed by atoms with Gasteiger partial charge < -0.3 is 10.2 Å². The number of piperazine rings is 1. The van der Waals surface area contributed by atoms with E-state index >= 15 is 0 Å². The lowest BCUT2D eigenvalue weighted by Gasteiger charge is -2.41. The van der Waals surface area contributed by atoms with Gasteiger partial charge in [-0.25, -0.2) is 13.2 Å². The lowest BCUT2D eigenvalue weighted by atomic mass is 9.98. The second-order valence-electron chi connectivity index (χ2n) is 8.36. The number of nitrogens with zero attached hydrogens (tertiary/aromatic N) is 3. The average molecular weight is 443 g/mol. The van der Waals surface area contributed by atoms with Gasteiger partial charge in [0.1, 0.15) is 0 Å². The summed E-state index contributed by atoms with van der Waals surface area (Å²) in [6.07, 6.45) is 3.70. The molecule has 1 aromatic carbocycles. The number of carbonyl (C=O) groups is 1. The number of nitrogens with one attached hydrogen (secondary N) is 1. The molecule has 2 amide bonds. The van der Waals surface area contributed by atoms with Gasteiger partial charge in [0.25, 0.3) is 0 Å². The molecule has 0 radical (unpaired) electrons. The zero-order valence-corrected chi connectivity index (χ0v) is 18.8. The molecular weight excluding hydrogens is 412 g/mol. The lowest BCUT2D eigenvalue weighted by molar-refractivity contribution is 0.0928. The molecule has 1 aromatic rings. The second kappa shape index (κ2) is 9.20. The third-order valence-corrected chi connectivity index (χ3v) is 8.03. The Morgan fingerprint density at radius 2 is 1.59 bits per heavy atom. The number of halogens is 1. The Morgan fingerprint density at radius 3 is 2.17 bits per heavy atom. The standard InChI is InChI=1S/C20H31ClN4O3S/c1-20(2,24-10-4-3-5-11-24)16-22-19(26)23-12-14-25(15-13-23)29(27,28)18-8-6-17(21)7-9-18/h6-9H,3-5,10-16H2,1-2H3,(H,22,26). The van der Waals surface area contributed by atoms with Crippen molar-refractivity contribution in [2.75, 3.05) is 45.8 Å². The van der Waals surface area contributed by atoms with Crippen molar-refractivity contribution in [1.29, 1.82) is 0 Å². The van der Waals surface area contributed by atoms with Crippen molar-refractivity contribution in [2.24, 2.45) is 0 Å². The number of hydrogen-bond acceptors (Lipinski definition) is 4. The first kappa shape index (κ1) is 22.3. The molecule has 9 heteroatoms. The van der Waals surface area contributed by atoms with Gasteiger partial charge in [0.05, 0.1) is 4.90 Å². The largest absolute Gasteiger partial charge is 0.336 e. The molecule has 0 spiro atoms. The highest BCUT2D eigenvalue weighted by atomic mass is 35.5. The first-order chi connectivity index (χ1) is 13.7. The molecular formula is C20H31ClN4O3S. The van der Waals surface area contributed by atoms with Crippen LogP contribution in [0.3, 0.4) is 0 Å². The molecule has 0 atom stereocenters. The van der Waals surface area contributed by atoms with Gasteiger partial charge in [0.2, 0.25) is 10.0 Å². The highest BCUT2D eigenvalue weighted by Gasteiger charge is 2.32. The minimum absolute atomic E-state index is 0.0875. The van der Waals surface area contributed by atoms with Crippen LogP contribution in [0.2, 0.25) is 5.02 Å². The van der Waals surface area contributed by atoms with E-state index < -0.39 is 10.0 Å². The minimum atomic E-state index is -3.57. The monoisotopic (exact) mass is 442 g/mol. The van der Waals surface area contributed by atoms with Crippen molar-refractivity contribution < 1.29 is 13.2 Å². The fourth-order valence-electron chi connectivity index (χ4n) is 3.90. The number of rotatable bonds is 5. The zero-order valence-electron chi connectivity index (χ0n) is 17.2. The van der Waals surface area contributed by atoms with Gasteiger partial charge in [0.15, 0.2) is 0 Å². The van der Waals surface area contributed by atoms with Crippen LogP contribution in [0, 0.1) is 0 Å². The molecule has 7 nitrogen and oxygen atoms in total. The van der Waals surface area contributed by atoms with Crippen LogP contribution >= 0.6 is 11.6 Å². The van der Waals surface area contributed by atoms with Crippen molar-refractivity contribution in [3.05, 3.63) is 29.3 Å². The summed E-state index contributed by atoms with van der Waals surface area (Å²) in [5.74, 6) is 0. The molecule has 0 unspecified atom stereocenters. The van der Waals surface area contributed by atoms with Gasteiger partial charge in [-0.2, -0.15) is 4.31 Å². The number of sulfonamides is 1. The summed E-state index contributed by atoms with van der Waals surface area (Å²) < 4.78 is 27.0. The number of likely N-dealkylation sites (tertiary alicyclic amines) is 1. The zero-order chi connectivity index (χ0) is 21.1. The molecule has 3 rings (SSSR count). The van der Waals surface area contributed by atoms with Gasteiger partial charge in [-0.3, -0.25) is 4.90 Å². The highest BCUT2D eigenvalue weighted by molar-refractivity contribution is 7.89. The van der Waals surface area contributed by atoms with E-state index in [0.29, 0.717) is 24.7 Å². The van der Waals surface area contributed by atoms with Gasteiger partial charge >= 0.3 is 6.03 Å². The van der Waals surface area contributed by atoms with Crippen molar-refractivity contribution >= 4 is 27.7 Å². The topological polar surface area (TPSA) is 73.0 Å². The van der Waals surface area contributed by atoms with E-state index in [1.54, 1.807) is 17.0 Å². The molecule has 29 heavy (non-hydrogen) atoms. The first-order valence-corrected chi connectivity index (χ1v) is 12.1. The summed E-state index contributed by atoms with van der Waals surface area (Å²) in [6, 6.07) is 6.04. The van der Waals surface area contributed by atoms with Crippen LogP contribution in [0.4, 0.5) is 4.79 Å². The Hall–Kier alpha value is -1.35. The van der Waals surface area contributed by atoms with E-state index in [1.165, 1.54) is 35.7 Å². The molecule has 0 saturated carbocycles. The van der Waals surface area contributed by atoms with Crippen molar-refractivity contribution in [1.82, 2.24) is 19.4 Å². The Morgan fingerprint density at radius 1 is 1.00 bits per heavy atom. The summed E-state index contributed by atoms with van der Waals surface area (Å²) in [4.78, 5) is 17.0. The Bertz CT molecular complexity index is 800. The lowest BCUT2D eigenvalue weighted by Crippen LogP contribution is -2.57. The first-order valence-electron chi connectivity index (χ1n) is 10.2. The van der Waals surface area contributed by atoms with Crippen molar-refractivity contribution in [3.63, 3.8) is 0 Å². The predicted octanol–water partition coefficient (Wildman–Crippen LogP) is 2.62. The summed E-state index contributed by atoms with van der Waals surface area (Å²) in [5, 5.41) is 3.54. The number of benzene rings is 1. The normalized spacial score (nSPS) is 19.9. The van der Waals surface area contributed by atoms with Crippen LogP contribution < -0.4 is 5.32 Å². The molecule has 0 aromatic heterocycles. The smallest absolute Gasteiger partial charge is 0.317 e. The maximum absolute atomic E-state index is 12.8. The van der Waals surface area contributed by atoms with E-state index in [-0.39, 0.29) is 29.6 Å². The Balaban J connectivity index is 1.51. The molecule has 2 aliphatic heterocycles. The molecule has 162 valence electrons. The Kier molecular flexibility index (Phi) is 7.09. The van der Waals surface area contributed by atoms with Gasteiger partial charge in [-0.1, -0.05) is 18.0 Å². The van der Waals surface area contributed by atoms with Crippen LogP contribution in [0.25, 0.3) is 0 Å². The van der Waals surface area contributed by atoms with E-state index in [4.69, 9.17) is 11.6 Å². The molecule has 0 bridgehead atoms. The molecule has 1 N–H and O–H groups in total. The average Bonchev–Trinajstić information content (AvgIpc) is 2.73. The number of carbonyl (C=O) groups excluding carboxylic acids is 1. The second-order valence-corrected chi connectivity index (χ2v) is 10.7. The van der Waals surface area contributed by atoms with E-state index in [2.05, 4.69) is 24.1 Å². The number of amides is 2. The van der Waals surface area contributed by atoms with E-state index in [0.717, 1.165) is 13.1 Å². The molecule has 2 saturated heterocycles. The van der Waals surface area contributed by atoms with Crippen LogP contribution in [-0.2, 0) is 10.0 Å². The minimum Gasteiger partial charge on any atom is -0.336 e. The van der Waals surface area contributed by atoms with Gasteiger partial charge in [-0.05, 0) is 64.0 Å². The highest BCUT2D eigenvalue weighted by Crippen LogP contribution is 2.21. The molecule has 2 heterocycles. The van der Waals surface area contributed by atoms with Crippen molar-refractivity contribution in [3.8, 4) is 0 Å². The summed E-state index contributed by atoms with van der Waals surface area (Å²) in [6.45, 7) is 8.38. The fraction of sp³-hybridized carbons (Fsp3) is 0.650. The third kappa shape index (κ3) is 5.42. The van der Waals surface area contributed by atoms with E-state index in [1.807, 2.05) is 0 Å². The maximum atomic E-state index is 12.8. The quantitative estimate of drug-likeness (QED) is 0.760. The molecule has 0 aliphatic carbocycles.